The SMILES string of the molecule is Cn1cc(-c2ccc3nnc(Sc4ccc5ncc(-c6cnn(C)c6)c(OCC(F)(F)F)c5c4)n3c2)cn1. The zero-order valence-electron chi connectivity index (χ0n) is 20.1. The number of ether oxygens (including phenoxy) is 1. The number of aromatic nitrogens is 8. The van der Waals surface area contributed by atoms with E-state index in [-0.39, 0.29) is 5.75 Å². The van der Waals surface area contributed by atoms with E-state index in [0.29, 0.717) is 32.8 Å². The van der Waals surface area contributed by atoms with Gasteiger partial charge in [0.25, 0.3) is 0 Å². The van der Waals surface area contributed by atoms with Crippen molar-refractivity contribution in [3.05, 3.63) is 67.5 Å². The number of benzene rings is 1. The quantitative estimate of drug-likeness (QED) is 0.290. The topological polar surface area (TPSA) is 88.0 Å². The molecular formula is C25H19F3N8OS. The molecule has 9 nitrogen and oxygen atoms in total. The highest BCUT2D eigenvalue weighted by atomic mass is 32.2. The van der Waals surface area contributed by atoms with Gasteiger partial charge >= 0.3 is 6.18 Å². The number of fused-ring (bicyclic) bond motifs is 2. The van der Waals surface area contributed by atoms with Crippen LogP contribution in [-0.4, -0.2) is 51.9 Å². The molecule has 0 saturated heterocycles. The van der Waals surface area contributed by atoms with Crippen LogP contribution in [0.25, 0.3) is 38.8 Å². The zero-order valence-corrected chi connectivity index (χ0v) is 20.9. The summed E-state index contributed by atoms with van der Waals surface area (Å²) >= 11 is 1.33. The predicted molar refractivity (Wildman–Crippen MR) is 135 cm³/mol. The van der Waals surface area contributed by atoms with Crippen LogP contribution in [0.3, 0.4) is 0 Å². The van der Waals surface area contributed by atoms with Crippen molar-refractivity contribution in [1.82, 2.24) is 39.1 Å². The smallest absolute Gasteiger partial charge is 0.422 e. The molecular weight excluding hydrogens is 517 g/mol. The summed E-state index contributed by atoms with van der Waals surface area (Å²) < 4.78 is 49.9. The van der Waals surface area contributed by atoms with Crippen molar-refractivity contribution in [3.8, 4) is 28.0 Å². The van der Waals surface area contributed by atoms with Gasteiger partial charge in [0, 0.05) is 71.4 Å². The Morgan fingerprint density at radius 3 is 2.34 bits per heavy atom. The summed E-state index contributed by atoms with van der Waals surface area (Å²) in [6.45, 7) is -1.43. The molecule has 5 aromatic heterocycles. The van der Waals surface area contributed by atoms with Crippen molar-refractivity contribution in [2.75, 3.05) is 6.61 Å². The molecule has 192 valence electrons. The van der Waals surface area contributed by atoms with E-state index in [1.54, 1.807) is 47.1 Å². The first-order valence-corrected chi connectivity index (χ1v) is 12.2. The van der Waals surface area contributed by atoms with Gasteiger partial charge in [0.05, 0.1) is 17.9 Å². The molecule has 0 aliphatic heterocycles. The van der Waals surface area contributed by atoms with Crippen LogP contribution in [0.4, 0.5) is 13.2 Å². The van der Waals surface area contributed by atoms with Crippen molar-refractivity contribution in [2.45, 2.75) is 16.2 Å². The maximum atomic E-state index is 13.1. The highest BCUT2D eigenvalue weighted by molar-refractivity contribution is 7.99. The Kier molecular flexibility index (Phi) is 5.79. The van der Waals surface area contributed by atoms with Crippen LogP contribution >= 0.6 is 11.8 Å². The molecule has 0 amide bonds. The van der Waals surface area contributed by atoms with E-state index in [2.05, 4.69) is 25.4 Å². The molecule has 0 unspecified atom stereocenters. The van der Waals surface area contributed by atoms with Crippen LogP contribution in [0.2, 0.25) is 0 Å². The van der Waals surface area contributed by atoms with Gasteiger partial charge in [0.15, 0.2) is 17.4 Å². The summed E-state index contributed by atoms with van der Waals surface area (Å²) in [4.78, 5) is 5.20. The summed E-state index contributed by atoms with van der Waals surface area (Å²) in [6, 6.07) is 9.15. The molecule has 5 heterocycles. The fourth-order valence-corrected chi connectivity index (χ4v) is 4.92. The lowest BCUT2D eigenvalue weighted by molar-refractivity contribution is -0.153. The van der Waals surface area contributed by atoms with Crippen LogP contribution in [0.1, 0.15) is 0 Å². The number of rotatable bonds is 6. The van der Waals surface area contributed by atoms with Crippen LogP contribution < -0.4 is 4.74 Å². The molecule has 0 bridgehead atoms. The minimum Gasteiger partial charge on any atom is -0.483 e. The van der Waals surface area contributed by atoms with Crippen molar-refractivity contribution in [2.24, 2.45) is 14.1 Å². The first-order chi connectivity index (χ1) is 18.2. The number of pyridine rings is 2. The molecule has 0 fully saturated rings. The summed E-state index contributed by atoms with van der Waals surface area (Å²) in [5, 5.41) is 18.0. The molecule has 0 N–H and O–H groups in total. The third-order valence-corrected chi connectivity index (χ3v) is 6.76. The van der Waals surface area contributed by atoms with Gasteiger partial charge in [-0.25, -0.2) is 0 Å². The predicted octanol–water partition coefficient (Wildman–Crippen LogP) is 5.17. The number of aryl methyl sites for hydroxylation is 2. The number of hydrogen-bond donors (Lipinski definition) is 0. The molecule has 0 aliphatic rings. The van der Waals surface area contributed by atoms with Gasteiger partial charge in [-0.3, -0.25) is 18.7 Å². The van der Waals surface area contributed by atoms with E-state index in [0.717, 1.165) is 16.0 Å². The molecule has 0 radical (unpaired) electrons. The minimum absolute atomic E-state index is 0.0905. The molecule has 38 heavy (non-hydrogen) atoms. The molecule has 6 aromatic rings. The number of halogens is 3. The molecule has 13 heteroatoms. The summed E-state index contributed by atoms with van der Waals surface area (Å²) in [7, 11) is 3.58. The Labute approximate surface area is 217 Å². The van der Waals surface area contributed by atoms with Gasteiger partial charge in [-0.05, 0) is 42.1 Å². The fraction of sp³-hybridized carbons (Fsp3) is 0.160. The lowest BCUT2D eigenvalue weighted by atomic mass is 10.1. The highest BCUT2D eigenvalue weighted by Gasteiger charge is 2.29. The lowest BCUT2D eigenvalue weighted by Crippen LogP contribution is -2.19. The van der Waals surface area contributed by atoms with Gasteiger partial charge in [-0.15, -0.1) is 10.2 Å². The van der Waals surface area contributed by atoms with E-state index in [1.165, 1.54) is 18.0 Å². The molecule has 0 aliphatic carbocycles. The number of hydrogen-bond acceptors (Lipinski definition) is 7. The molecule has 0 atom stereocenters. The van der Waals surface area contributed by atoms with Gasteiger partial charge in [0.1, 0.15) is 5.75 Å². The second-order valence-electron chi connectivity index (χ2n) is 8.62. The molecule has 6 rings (SSSR count). The van der Waals surface area contributed by atoms with Crippen LogP contribution in [0.15, 0.2) is 77.6 Å². The Balaban J connectivity index is 1.41. The number of nitrogens with zero attached hydrogens (tertiary/aromatic N) is 8. The van der Waals surface area contributed by atoms with Crippen LogP contribution in [0, 0.1) is 0 Å². The Morgan fingerprint density at radius 2 is 1.63 bits per heavy atom. The van der Waals surface area contributed by atoms with Gasteiger partial charge in [0.2, 0.25) is 0 Å². The average molecular weight is 537 g/mol. The van der Waals surface area contributed by atoms with E-state index in [4.69, 9.17) is 4.74 Å². The Bertz CT molecular complexity index is 1790. The summed E-state index contributed by atoms with van der Waals surface area (Å²) in [6.07, 6.45) is 5.88. The third-order valence-electron chi connectivity index (χ3n) is 5.80. The van der Waals surface area contributed by atoms with E-state index in [9.17, 15) is 13.2 Å². The maximum absolute atomic E-state index is 13.1. The van der Waals surface area contributed by atoms with Crippen molar-refractivity contribution < 1.29 is 17.9 Å². The number of alkyl halides is 3. The standard InChI is InChI=1S/C25H19F3N8OS/c1-34-11-16(8-30-34)15-3-6-22-32-33-24(36(22)13-15)38-18-4-5-21-19(7-18)23(37-14-25(26,27)28)20(10-29-21)17-9-31-35(2)12-17/h3-13H,14H2,1-2H3. The van der Waals surface area contributed by atoms with Crippen molar-refractivity contribution in [3.63, 3.8) is 0 Å². The molecule has 0 spiro atoms. The summed E-state index contributed by atoms with van der Waals surface area (Å²) in [5.74, 6) is 0.0905. The van der Waals surface area contributed by atoms with Gasteiger partial charge < -0.3 is 4.74 Å². The largest absolute Gasteiger partial charge is 0.483 e. The second-order valence-corrected chi connectivity index (χ2v) is 9.66. The van der Waals surface area contributed by atoms with E-state index in [1.807, 2.05) is 42.0 Å². The normalized spacial score (nSPS) is 12.0. The minimum atomic E-state index is -4.50. The third kappa shape index (κ3) is 4.67. The first-order valence-electron chi connectivity index (χ1n) is 11.4. The highest BCUT2D eigenvalue weighted by Crippen LogP contribution is 2.39. The fourth-order valence-electron chi connectivity index (χ4n) is 4.07. The summed E-state index contributed by atoms with van der Waals surface area (Å²) in [5.41, 5.74) is 4.08. The van der Waals surface area contributed by atoms with Crippen molar-refractivity contribution >= 4 is 28.3 Å². The lowest BCUT2D eigenvalue weighted by Gasteiger charge is -2.15. The van der Waals surface area contributed by atoms with Gasteiger partial charge in [-0.2, -0.15) is 23.4 Å². The Morgan fingerprint density at radius 1 is 0.868 bits per heavy atom. The molecule has 1 aromatic carbocycles. The van der Waals surface area contributed by atoms with Crippen LogP contribution in [-0.2, 0) is 14.1 Å². The zero-order chi connectivity index (χ0) is 26.4. The first kappa shape index (κ1) is 24.0. The van der Waals surface area contributed by atoms with E-state index < -0.39 is 12.8 Å². The monoisotopic (exact) mass is 536 g/mol. The van der Waals surface area contributed by atoms with Gasteiger partial charge in [-0.1, -0.05) is 0 Å². The van der Waals surface area contributed by atoms with E-state index >= 15 is 0 Å². The maximum Gasteiger partial charge on any atom is 0.422 e. The Hall–Kier alpha value is -4.39. The average Bonchev–Trinajstić information content (AvgIpc) is 3.62. The molecule has 0 saturated carbocycles. The van der Waals surface area contributed by atoms with Crippen molar-refractivity contribution in [1.29, 1.82) is 0 Å². The second kappa shape index (κ2) is 9.17. The van der Waals surface area contributed by atoms with Crippen LogP contribution in [0.5, 0.6) is 5.75 Å².